The van der Waals surface area contributed by atoms with Crippen molar-refractivity contribution in [2.75, 3.05) is 13.2 Å². The van der Waals surface area contributed by atoms with Crippen molar-refractivity contribution in [1.82, 2.24) is 5.32 Å². The van der Waals surface area contributed by atoms with Gasteiger partial charge >= 0.3 is 0 Å². The quantitative estimate of drug-likeness (QED) is 0.0261. The van der Waals surface area contributed by atoms with Crippen molar-refractivity contribution in [3.63, 3.8) is 0 Å². The van der Waals surface area contributed by atoms with Crippen LogP contribution in [0, 0.1) is 0 Å². The number of nitrogens with one attached hydrogen (secondary N) is 1. The molecule has 1 aliphatic heterocycles. The summed E-state index contributed by atoms with van der Waals surface area (Å²) in [6.45, 7) is 3.81. The largest absolute Gasteiger partial charge is 0.394 e. The topological polar surface area (TPSA) is 149 Å². The molecule has 0 radical (unpaired) electrons. The van der Waals surface area contributed by atoms with Gasteiger partial charge < -0.3 is 40.3 Å². The van der Waals surface area contributed by atoms with Crippen LogP contribution < -0.4 is 5.32 Å². The zero-order valence-electron chi connectivity index (χ0n) is 48.6. The van der Waals surface area contributed by atoms with Gasteiger partial charge in [0, 0.05) is 6.42 Å². The second-order valence-electron chi connectivity index (χ2n) is 22.5. The zero-order valence-corrected chi connectivity index (χ0v) is 48.6. The number of hydrogen-bond donors (Lipinski definition) is 6. The lowest BCUT2D eigenvalue weighted by atomic mass is 9.99. The number of unbranched alkanes of at least 4 members (excludes halogenated alkanes) is 42. The number of carbonyl (C=O) groups is 1. The molecule has 1 heterocycles. The third-order valence-electron chi connectivity index (χ3n) is 15.4. The molecule has 0 aromatic carbocycles. The Labute approximate surface area is 457 Å². The molecule has 0 aromatic rings. The number of rotatable bonds is 56. The molecule has 1 saturated heterocycles. The summed E-state index contributed by atoms with van der Waals surface area (Å²) in [5.74, 6) is -0.182. The van der Waals surface area contributed by atoms with Crippen LogP contribution in [0.1, 0.15) is 316 Å². The van der Waals surface area contributed by atoms with E-state index in [-0.39, 0.29) is 12.5 Å². The van der Waals surface area contributed by atoms with Gasteiger partial charge in [-0.1, -0.05) is 288 Å². The Morgan fingerprint density at radius 1 is 0.446 bits per heavy atom. The van der Waals surface area contributed by atoms with Crippen LogP contribution >= 0.6 is 0 Å². The van der Waals surface area contributed by atoms with Gasteiger partial charge in [-0.05, 0) is 57.8 Å². The second-order valence-corrected chi connectivity index (χ2v) is 22.5. The molecule has 0 aliphatic carbocycles. The lowest BCUT2D eigenvalue weighted by Gasteiger charge is -2.40. The molecule has 7 unspecified atom stereocenters. The van der Waals surface area contributed by atoms with Crippen molar-refractivity contribution in [1.29, 1.82) is 0 Å². The molecule has 9 nitrogen and oxygen atoms in total. The first kappa shape index (κ1) is 70.4. The fourth-order valence-corrected chi connectivity index (χ4v) is 10.3. The first-order valence-electron chi connectivity index (χ1n) is 32.2. The van der Waals surface area contributed by atoms with E-state index >= 15 is 0 Å². The van der Waals surface area contributed by atoms with Crippen LogP contribution in [0.25, 0.3) is 0 Å². The summed E-state index contributed by atoms with van der Waals surface area (Å²) in [5, 5.41) is 54.6. The number of amides is 1. The Hall–Kier alpha value is -1.59. The highest BCUT2D eigenvalue weighted by atomic mass is 16.7. The van der Waals surface area contributed by atoms with Gasteiger partial charge in [0.1, 0.15) is 24.4 Å². The fraction of sp³-hybridized carbons (Fsp3) is 0.892. The molecule has 1 amide bonds. The summed E-state index contributed by atoms with van der Waals surface area (Å²) in [7, 11) is 0. The minimum Gasteiger partial charge on any atom is -0.394 e. The highest BCUT2D eigenvalue weighted by Crippen LogP contribution is 2.23. The molecule has 436 valence electrons. The molecule has 1 fully saturated rings. The summed E-state index contributed by atoms with van der Waals surface area (Å²) in [4.78, 5) is 13.1. The second kappa shape index (κ2) is 54.8. The van der Waals surface area contributed by atoms with Crippen molar-refractivity contribution in [2.24, 2.45) is 0 Å². The third kappa shape index (κ3) is 43.4. The molecule has 0 aromatic heterocycles. The number of ether oxygens (including phenoxy) is 2. The number of aliphatic hydroxyl groups is 5. The molecule has 0 bridgehead atoms. The van der Waals surface area contributed by atoms with E-state index < -0.39 is 49.5 Å². The molecular weight excluding hydrogens is 923 g/mol. The van der Waals surface area contributed by atoms with Crippen LogP contribution in [-0.4, -0.2) is 87.5 Å². The minimum atomic E-state index is -1.57. The molecular formula is C65H123NO8. The molecule has 9 heteroatoms. The van der Waals surface area contributed by atoms with Gasteiger partial charge in [0.15, 0.2) is 6.29 Å². The smallest absolute Gasteiger partial charge is 0.220 e. The van der Waals surface area contributed by atoms with Gasteiger partial charge in [-0.25, -0.2) is 0 Å². The van der Waals surface area contributed by atoms with Gasteiger partial charge in [0.05, 0.1) is 25.4 Å². The highest BCUT2D eigenvalue weighted by Gasteiger charge is 2.44. The number of aliphatic hydroxyl groups excluding tert-OH is 5. The van der Waals surface area contributed by atoms with Crippen LogP contribution in [0.15, 0.2) is 36.5 Å². The fourth-order valence-electron chi connectivity index (χ4n) is 10.3. The minimum absolute atomic E-state index is 0.182. The lowest BCUT2D eigenvalue weighted by molar-refractivity contribution is -0.302. The Morgan fingerprint density at radius 3 is 1.14 bits per heavy atom. The van der Waals surface area contributed by atoms with Crippen LogP contribution in [0.4, 0.5) is 0 Å². The SMILES string of the molecule is CCCCCCCCCCCCCC/C=C\CCCCCCCCCCCCCCC(=O)NC(COC1OC(CO)C(O)C(O)C1O)C(O)/C=C/CC/C=C/CCCCCCCCCCCCCCCCCCC. The van der Waals surface area contributed by atoms with Crippen molar-refractivity contribution < 1.29 is 39.8 Å². The molecule has 6 N–H and O–H groups in total. The molecule has 74 heavy (non-hydrogen) atoms. The van der Waals surface area contributed by atoms with Crippen molar-refractivity contribution >= 4 is 5.91 Å². The Kier molecular flexibility index (Phi) is 52.1. The Bertz CT molecular complexity index is 1260. The average Bonchev–Trinajstić information content (AvgIpc) is 3.40. The molecule has 7 atom stereocenters. The van der Waals surface area contributed by atoms with E-state index in [1.807, 2.05) is 6.08 Å². The lowest BCUT2D eigenvalue weighted by Crippen LogP contribution is -2.60. The van der Waals surface area contributed by atoms with Crippen molar-refractivity contribution in [2.45, 2.75) is 358 Å². The molecule has 1 aliphatic rings. The normalized spacial score (nSPS) is 19.1. The standard InChI is InChI=1S/C65H123NO8/c1-3-5-7-9-11-13-15-17-19-21-23-25-27-28-29-30-31-33-35-37-39-41-43-45-47-49-51-53-55-61(69)66-58(57-73-65-64(72)63(71)62(70)60(56-67)74-65)59(68)54-52-50-48-46-44-42-40-38-36-34-32-26-24-22-20-18-16-14-12-10-8-6-4-2/h28-29,44,46,52,54,58-60,62-65,67-68,70-72H,3-27,30-43,45,47-51,53,55-57H2,1-2H3,(H,66,69)/b29-28-,46-44+,54-52+. The van der Waals surface area contributed by atoms with Crippen molar-refractivity contribution in [3.8, 4) is 0 Å². The summed E-state index contributed by atoms with van der Waals surface area (Å²) in [6.07, 6.45) is 65.2. The van der Waals surface area contributed by atoms with Gasteiger partial charge in [0.2, 0.25) is 5.91 Å². The zero-order chi connectivity index (χ0) is 53.6. The maximum atomic E-state index is 13.1. The third-order valence-corrected chi connectivity index (χ3v) is 15.4. The summed E-state index contributed by atoms with van der Waals surface area (Å²) in [6, 6.07) is -0.822. The monoisotopic (exact) mass is 1050 g/mol. The highest BCUT2D eigenvalue weighted by molar-refractivity contribution is 5.76. The van der Waals surface area contributed by atoms with E-state index in [0.717, 1.165) is 38.5 Å². The Morgan fingerprint density at radius 2 is 0.770 bits per heavy atom. The molecule has 1 rings (SSSR count). The van der Waals surface area contributed by atoms with Gasteiger partial charge in [-0.3, -0.25) is 4.79 Å². The van der Waals surface area contributed by atoms with Crippen LogP contribution in [-0.2, 0) is 14.3 Å². The van der Waals surface area contributed by atoms with E-state index in [9.17, 15) is 30.3 Å². The number of carbonyl (C=O) groups excluding carboxylic acids is 1. The van der Waals surface area contributed by atoms with E-state index in [4.69, 9.17) is 9.47 Å². The van der Waals surface area contributed by atoms with Gasteiger partial charge in [0.25, 0.3) is 0 Å². The first-order valence-corrected chi connectivity index (χ1v) is 32.2. The predicted molar refractivity (Wildman–Crippen MR) is 313 cm³/mol. The molecule has 0 spiro atoms. The summed E-state index contributed by atoms with van der Waals surface area (Å²) < 4.78 is 11.3. The number of allylic oxidation sites excluding steroid dienone is 5. The van der Waals surface area contributed by atoms with E-state index in [0.29, 0.717) is 6.42 Å². The average molecular weight is 1050 g/mol. The number of hydrogen-bond acceptors (Lipinski definition) is 8. The summed E-state index contributed by atoms with van der Waals surface area (Å²) >= 11 is 0. The van der Waals surface area contributed by atoms with Crippen LogP contribution in [0.5, 0.6) is 0 Å². The van der Waals surface area contributed by atoms with Gasteiger partial charge in [-0.15, -0.1) is 0 Å². The predicted octanol–water partition coefficient (Wildman–Crippen LogP) is 16.7. The Balaban J connectivity index is 2.19. The van der Waals surface area contributed by atoms with E-state index in [1.54, 1.807) is 6.08 Å². The maximum Gasteiger partial charge on any atom is 0.220 e. The van der Waals surface area contributed by atoms with Crippen molar-refractivity contribution in [3.05, 3.63) is 36.5 Å². The van der Waals surface area contributed by atoms with E-state index in [2.05, 4.69) is 43.5 Å². The maximum absolute atomic E-state index is 13.1. The first-order chi connectivity index (χ1) is 36.3. The van der Waals surface area contributed by atoms with Gasteiger partial charge in [-0.2, -0.15) is 0 Å². The summed E-state index contributed by atoms with van der Waals surface area (Å²) in [5.41, 5.74) is 0. The molecule has 0 saturated carbocycles. The van der Waals surface area contributed by atoms with E-state index in [1.165, 1.54) is 257 Å². The van der Waals surface area contributed by atoms with Crippen LogP contribution in [0.3, 0.4) is 0 Å². The van der Waals surface area contributed by atoms with Crippen LogP contribution in [0.2, 0.25) is 0 Å².